The molecule has 1 N–H and O–H groups in total. The molecule has 5 heteroatoms. The van der Waals surface area contributed by atoms with Gasteiger partial charge in [0.15, 0.2) is 0 Å². The predicted octanol–water partition coefficient (Wildman–Crippen LogP) is 4.63. The molecule has 1 aromatic carbocycles. The lowest BCUT2D eigenvalue weighted by Crippen LogP contribution is -2.25. The third kappa shape index (κ3) is 3.40. The van der Waals surface area contributed by atoms with Crippen molar-refractivity contribution in [3.05, 3.63) is 70.5 Å². The Bertz CT molecular complexity index is 765. The van der Waals surface area contributed by atoms with Crippen molar-refractivity contribution in [2.24, 2.45) is 0 Å². The van der Waals surface area contributed by atoms with Gasteiger partial charge in [-0.25, -0.2) is 0 Å². The van der Waals surface area contributed by atoms with Crippen LogP contribution in [0, 0.1) is 0 Å². The molecule has 0 spiro atoms. The van der Waals surface area contributed by atoms with E-state index in [4.69, 9.17) is 16.0 Å². The Labute approximate surface area is 137 Å². The minimum atomic E-state index is -0.141. The van der Waals surface area contributed by atoms with Crippen molar-refractivity contribution < 1.29 is 9.21 Å². The first-order valence-corrected chi connectivity index (χ1v) is 8.07. The molecule has 2 aromatic heterocycles. The monoisotopic (exact) mass is 331 g/mol. The maximum absolute atomic E-state index is 12.0. The number of halogens is 1. The molecule has 112 valence electrons. The fraction of sp³-hybridized carbons (Fsp3) is 0.118. The summed E-state index contributed by atoms with van der Waals surface area (Å²) >= 11 is 7.71. The molecule has 0 aliphatic heterocycles. The lowest BCUT2D eigenvalue weighted by molar-refractivity contribution is 0.0954. The number of hydrogen-bond donors (Lipinski definition) is 1. The fourth-order valence-corrected chi connectivity index (χ4v) is 3.33. The largest absolute Gasteiger partial charge is 0.472 e. The molecular weight excluding hydrogens is 318 g/mol. The van der Waals surface area contributed by atoms with Crippen molar-refractivity contribution in [2.75, 3.05) is 6.54 Å². The SMILES string of the molecule is O=C(NCCc1ccc(-c2ccoc2)s1)c1ccccc1Cl. The average Bonchev–Trinajstić information content (AvgIpc) is 3.18. The van der Waals surface area contributed by atoms with Crippen molar-refractivity contribution in [3.8, 4) is 10.4 Å². The molecular formula is C17H14ClNO2S. The van der Waals surface area contributed by atoms with E-state index in [0.29, 0.717) is 17.1 Å². The Morgan fingerprint density at radius 1 is 1.18 bits per heavy atom. The summed E-state index contributed by atoms with van der Waals surface area (Å²) in [5.74, 6) is -0.141. The second-order valence-corrected chi connectivity index (χ2v) is 6.34. The molecule has 0 bridgehead atoms. The van der Waals surface area contributed by atoms with Crippen LogP contribution in [0.2, 0.25) is 5.02 Å². The van der Waals surface area contributed by atoms with Crippen LogP contribution in [0.5, 0.6) is 0 Å². The molecule has 0 saturated carbocycles. The van der Waals surface area contributed by atoms with Crippen LogP contribution in [0.15, 0.2) is 59.4 Å². The van der Waals surface area contributed by atoms with Gasteiger partial charge in [-0.05, 0) is 36.8 Å². The van der Waals surface area contributed by atoms with E-state index in [0.717, 1.165) is 12.0 Å². The van der Waals surface area contributed by atoms with E-state index in [1.807, 2.05) is 12.1 Å². The van der Waals surface area contributed by atoms with Crippen molar-refractivity contribution in [1.82, 2.24) is 5.32 Å². The quantitative estimate of drug-likeness (QED) is 0.740. The van der Waals surface area contributed by atoms with Gasteiger partial charge in [-0.1, -0.05) is 23.7 Å². The van der Waals surface area contributed by atoms with Gasteiger partial charge in [0.2, 0.25) is 0 Å². The van der Waals surface area contributed by atoms with Crippen LogP contribution < -0.4 is 5.32 Å². The zero-order valence-electron chi connectivity index (χ0n) is 11.7. The van der Waals surface area contributed by atoms with E-state index in [1.54, 1.807) is 42.1 Å². The zero-order chi connectivity index (χ0) is 15.4. The van der Waals surface area contributed by atoms with Crippen LogP contribution in [0.3, 0.4) is 0 Å². The van der Waals surface area contributed by atoms with Gasteiger partial charge in [0.05, 0.1) is 23.1 Å². The maximum Gasteiger partial charge on any atom is 0.252 e. The summed E-state index contributed by atoms with van der Waals surface area (Å²) in [6.45, 7) is 0.579. The van der Waals surface area contributed by atoms with Crippen LogP contribution in [0.1, 0.15) is 15.2 Å². The first kappa shape index (κ1) is 14.9. The van der Waals surface area contributed by atoms with Gasteiger partial charge in [-0.2, -0.15) is 0 Å². The number of thiophene rings is 1. The molecule has 2 heterocycles. The Balaban J connectivity index is 1.55. The summed E-state index contributed by atoms with van der Waals surface area (Å²) in [6, 6.07) is 13.1. The third-order valence-electron chi connectivity index (χ3n) is 3.24. The van der Waals surface area contributed by atoms with E-state index in [1.165, 1.54) is 9.75 Å². The number of benzene rings is 1. The number of hydrogen-bond acceptors (Lipinski definition) is 3. The molecule has 0 unspecified atom stereocenters. The molecule has 0 aliphatic carbocycles. The topological polar surface area (TPSA) is 42.2 Å². The minimum Gasteiger partial charge on any atom is -0.472 e. The summed E-state index contributed by atoms with van der Waals surface area (Å²) in [7, 11) is 0. The van der Waals surface area contributed by atoms with Crippen molar-refractivity contribution in [2.45, 2.75) is 6.42 Å². The number of rotatable bonds is 5. The summed E-state index contributed by atoms with van der Waals surface area (Å²) in [5.41, 5.74) is 1.59. The van der Waals surface area contributed by atoms with Gasteiger partial charge in [0.25, 0.3) is 5.91 Å². The Morgan fingerprint density at radius 3 is 2.82 bits per heavy atom. The van der Waals surface area contributed by atoms with Crippen molar-refractivity contribution >= 4 is 28.8 Å². The molecule has 0 fully saturated rings. The van der Waals surface area contributed by atoms with Crippen molar-refractivity contribution in [1.29, 1.82) is 0 Å². The number of carbonyl (C=O) groups is 1. The summed E-state index contributed by atoms with van der Waals surface area (Å²) in [4.78, 5) is 14.4. The second kappa shape index (κ2) is 6.81. The molecule has 3 rings (SSSR count). The Morgan fingerprint density at radius 2 is 2.05 bits per heavy atom. The lowest BCUT2D eigenvalue weighted by Gasteiger charge is -2.05. The highest BCUT2D eigenvalue weighted by Crippen LogP contribution is 2.28. The van der Waals surface area contributed by atoms with Crippen LogP contribution in [0.4, 0.5) is 0 Å². The summed E-state index contributed by atoms with van der Waals surface area (Å²) < 4.78 is 5.09. The van der Waals surface area contributed by atoms with Crippen LogP contribution >= 0.6 is 22.9 Å². The second-order valence-electron chi connectivity index (χ2n) is 4.76. The number of carbonyl (C=O) groups excluding carboxylic acids is 1. The van der Waals surface area contributed by atoms with Crippen LogP contribution in [-0.4, -0.2) is 12.5 Å². The molecule has 3 aromatic rings. The minimum absolute atomic E-state index is 0.141. The molecule has 0 radical (unpaired) electrons. The average molecular weight is 332 g/mol. The highest BCUT2D eigenvalue weighted by molar-refractivity contribution is 7.15. The van der Waals surface area contributed by atoms with Gasteiger partial charge in [-0.3, -0.25) is 4.79 Å². The molecule has 3 nitrogen and oxygen atoms in total. The van der Waals surface area contributed by atoms with Crippen LogP contribution in [-0.2, 0) is 6.42 Å². The lowest BCUT2D eigenvalue weighted by atomic mass is 10.2. The smallest absolute Gasteiger partial charge is 0.252 e. The summed E-state index contributed by atoms with van der Waals surface area (Å²) in [5, 5.41) is 3.37. The highest BCUT2D eigenvalue weighted by atomic mass is 35.5. The predicted molar refractivity (Wildman–Crippen MR) is 89.5 cm³/mol. The van der Waals surface area contributed by atoms with Gasteiger partial charge < -0.3 is 9.73 Å². The van der Waals surface area contributed by atoms with Gasteiger partial charge >= 0.3 is 0 Å². The Kier molecular flexibility index (Phi) is 4.61. The molecule has 0 saturated heterocycles. The van der Waals surface area contributed by atoms with Crippen molar-refractivity contribution in [3.63, 3.8) is 0 Å². The molecule has 1 amide bonds. The van der Waals surface area contributed by atoms with Gasteiger partial charge in [0, 0.05) is 21.9 Å². The number of nitrogens with one attached hydrogen (secondary N) is 1. The van der Waals surface area contributed by atoms with E-state index in [2.05, 4.69) is 17.4 Å². The van der Waals surface area contributed by atoms with E-state index >= 15 is 0 Å². The van der Waals surface area contributed by atoms with Gasteiger partial charge in [0.1, 0.15) is 0 Å². The summed E-state index contributed by atoms with van der Waals surface area (Å²) in [6.07, 6.45) is 4.19. The Hall–Kier alpha value is -2.04. The fourth-order valence-electron chi connectivity index (χ4n) is 2.11. The van der Waals surface area contributed by atoms with Gasteiger partial charge in [-0.15, -0.1) is 11.3 Å². The number of furan rings is 1. The van der Waals surface area contributed by atoms with E-state index in [9.17, 15) is 4.79 Å². The standard InChI is InChI=1S/C17H14ClNO2S/c18-15-4-2-1-3-14(15)17(20)19-9-7-13-5-6-16(22-13)12-8-10-21-11-12/h1-6,8,10-11H,7,9H2,(H,19,20). The maximum atomic E-state index is 12.0. The normalized spacial score (nSPS) is 10.6. The first-order valence-electron chi connectivity index (χ1n) is 6.88. The zero-order valence-corrected chi connectivity index (χ0v) is 13.3. The highest BCUT2D eigenvalue weighted by Gasteiger charge is 2.09. The number of amides is 1. The molecule has 22 heavy (non-hydrogen) atoms. The molecule has 0 atom stereocenters. The van der Waals surface area contributed by atoms with E-state index in [-0.39, 0.29) is 5.91 Å². The van der Waals surface area contributed by atoms with E-state index < -0.39 is 0 Å². The third-order valence-corrected chi connectivity index (χ3v) is 4.77. The first-order chi connectivity index (χ1) is 10.7. The van der Waals surface area contributed by atoms with Crippen LogP contribution in [0.25, 0.3) is 10.4 Å². The molecule has 0 aliphatic rings.